The number of aryl methyl sites for hydroxylation is 1. The van der Waals surface area contributed by atoms with Gasteiger partial charge < -0.3 is 15.0 Å². The molecule has 0 aliphatic carbocycles. The zero-order valence-corrected chi connectivity index (χ0v) is 10.8. The summed E-state index contributed by atoms with van der Waals surface area (Å²) in [5.41, 5.74) is 7.29. The number of ether oxygens (including phenoxy) is 1. The van der Waals surface area contributed by atoms with E-state index in [1.807, 2.05) is 36.7 Å². The lowest BCUT2D eigenvalue weighted by Gasteiger charge is -2.13. The summed E-state index contributed by atoms with van der Waals surface area (Å²) in [5, 5.41) is 0. The lowest BCUT2D eigenvalue weighted by Crippen LogP contribution is -2.16. The molecule has 4 heteroatoms. The molecule has 0 amide bonds. The first-order valence-corrected chi connectivity index (χ1v) is 6.14. The number of imidazole rings is 1. The molecule has 0 spiro atoms. The summed E-state index contributed by atoms with van der Waals surface area (Å²) < 4.78 is 7.32. The monoisotopic (exact) mass is 245 g/mol. The third-order valence-electron chi connectivity index (χ3n) is 3.07. The third-order valence-corrected chi connectivity index (χ3v) is 3.07. The molecule has 2 N–H and O–H groups in total. The van der Waals surface area contributed by atoms with Crippen LogP contribution in [0.15, 0.2) is 36.7 Å². The molecule has 0 saturated heterocycles. The largest absolute Gasteiger partial charge is 0.497 e. The Bertz CT molecular complexity index is 507. The van der Waals surface area contributed by atoms with E-state index < -0.39 is 0 Å². The van der Waals surface area contributed by atoms with E-state index in [0.717, 1.165) is 30.1 Å². The summed E-state index contributed by atoms with van der Waals surface area (Å²) >= 11 is 0. The molecule has 0 fully saturated rings. The number of benzene rings is 1. The average Bonchev–Trinajstić information content (AvgIpc) is 2.86. The first-order valence-electron chi connectivity index (χ1n) is 6.14. The van der Waals surface area contributed by atoms with Gasteiger partial charge >= 0.3 is 0 Å². The Labute approximate surface area is 107 Å². The van der Waals surface area contributed by atoms with Crippen molar-refractivity contribution in [2.75, 3.05) is 7.11 Å². The molecule has 1 aromatic heterocycles. The molecule has 1 heterocycles. The first kappa shape index (κ1) is 12.6. The summed E-state index contributed by atoms with van der Waals surface area (Å²) in [7, 11) is 1.66. The van der Waals surface area contributed by atoms with Crippen molar-refractivity contribution in [2.24, 2.45) is 5.73 Å². The van der Waals surface area contributed by atoms with Crippen molar-refractivity contribution in [1.29, 1.82) is 0 Å². The Morgan fingerprint density at radius 2 is 2.28 bits per heavy atom. The third kappa shape index (κ3) is 2.71. The smallest absolute Gasteiger partial charge is 0.119 e. The molecule has 0 radical (unpaired) electrons. The molecular formula is C14H19N3O. The number of nitrogens with two attached hydrogens (primary N) is 1. The number of aromatic nitrogens is 2. The van der Waals surface area contributed by atoms with Crippen LogP contribution in [0.3, 0.4) is 0 Å². The molecule has 4 nitrogen and oxygen atoms in total. The minimum absolute atomic E-state index is 0.0622. The average molecular weight is 245 g/mol. The Hall–Kier alpha value is -1.81. The van der Waals surface area contributed by atoms with Gasteiger partial charge in [0, 0.05) is 31.4 Å². The molecule has 2 rings (SSSR count). The van der Waals surface area contributed by atoms with Crippen LogP contribution in [0.4, 0.5) is 0 Å². The van der Waals surface area contributed by atoms with Gasteiger partial charge in [-0.25, -0.2) is 4.98 Å². The number of hydrogen-bond donors (Lipinski definition) is 1. The highest BCUT2D eigenvalue weighted by Crippen LogP contribution is 2.20. The second-order valence-electron chi connectivity index (χ2n) is 4.22. The second-order valence-corrected chi connectivity index (χ2v) is 4.22. The van der Waals surface area contributed by atoms with Gasteiger partial charge in [-0.2, -0.15) is 0 Å². The lowest BCUT2D eigenvalue weighted by atomic mass is 10.0. The summed E-state index contributed by atoms with van der Waals surface area (Å²) in [6.45, 7) is 3.02. The van der Waals surface area contributed by atoms with E-state index in [2.05, 4.69) is 16.5 Å². The maximum atomic E-state index is 6.22. The number of hydrogen-bond acceptors (Lipinski definition) is 3. The molecule has 0 bridgehead atoms. The van der Waals surface area contributed by atoms with Crippen molar-refractivity contribution < 1.29 is 4.74 Å². The molecule has 0 saturated carbocycles. The summed E-state index contributed by atoms with van der Waals surface area (Å²) in [5.74, 6) is 1.86. The topological polar surface area (TPSA) is 53.1 Å². The van der Waals surface area contributed by atoms with Gasteiger partial charge in [0.05, 0.1) is 7.11 Å². The minimum atomic E-state index is -0.0622. The van der Waals surface area contributed by atoms with Crippen molar-refractivity contribution in [2.45, 2.75) is 25.9 Å². The van der Waals surface area contributed by atoms with Gasteiger partial charge in [0.25, 0.3) is 0 Å². The summed E-state index contributed by atoms with van der Waals surface area (Å²) in [4.78, 5) is 4.35. The first-order chi connectivity index (χ1) is 8.74. The SMILES string of the molecule is CCn1ccnc1CC(N)c1cccc(OC)c1. The van der Waals surface area contributed by atoms with Gasteiger partial charge in [0.15, 0.2) is 0 Å². The fraction of sp³-hybridized carbons (Fsp3) is 0.357. The molecule has 96 valence electrons. The van der Waals surface area contributed by atoms with Crippen LogP contribution in [-0.2, 0) is 13.0 Å². The molecule has 18 heavy (non-hydrogen) atoms. The number of rotatable bonds is 5. The Morgan fingerprint density at radius 1 is 1.44 bits per heavy atom. The van der Waals surface area contributed by atoms with E-state index >= 15 is 0 Å². The van der Waals surface area contributed by atoms with E-state index in [-0.39, 0.29) is 6.04 Å². The predicted molar refractivity (Wildman–Crippen MR) is 71.5 cm³/mol. The standard InChI is InChI=1S/C14H19N3O/c1-3-17-8-7-16-14(17)10-13(15)11-5-4-6-12(9-11)18-2/h4-9,13H,3,10,15H2,1-2H3. The normalized spacial score (nSPS) is 12.4. The van der Waals surface area contributed by atoms with Crippen LogP contribution >= 0.6 is 0 Å². The fourth-order valence-electron chi connectivity index (χ4n) is 2.00. The van der Waals surface area contributed by atoms with Crippen LogP contribution < -0.4 is 10.5 Å². The molecule has 2 aromatic rings. The molecule has 1 atom stereocenters. The van der Waals surface area contributed by atoms with Crippen LogP contribution in [0.5, 0.6) is 5.75 Å². The zero-order valence-electron chi connectivity index (χ0n) is 10.8. The number of methoxy groups -OCH3 is 1. The minimum Gasteiger partial charge on any atom is -0.497 e. The highest BCUT2D eigenvalue weighted by molar-refractivity contribution is 5.30. The zero-order chi connectivity index (χ0) is 13.0. The fourth-order valence-corrected chi connectivity index (χ4v) is 2.00. The van der Waals surface area contributed by atoms with Gasteiger partial charge in [-0.1, -0.05) is 12.1 Å². The van der Waals surface area contributed by atoms with Gasteiger partial charge in [-0.15, -0.1) is 0 Å². The van der Waals surface area contributed by atoms with Gasteiger partial charge in [0.1, 0.15) is 11.6 Å². The molecule has 0 aliphatic heterocycles. The number of nitrogens with zero attached hydrogens (tertiary/aromatic N) is 2. The Balaban J connectivity index is 2.13. The van der Waals surface area contributed by atoms with Gasteiger partial charge in [0.2, 0.25) is 0 Å². The van der Waals surface area contributed by atoms with Crippen molar-refractivity contribution in [3.63, 3.8) is 0 Å². The van der Waals surface area contributed by atoms with E-state index in [1.165, 1.54) is 0 Å². The van der Waals surface area contributed by atoms with Crippen LogP contribution in [-0.4, -0.2) is 16.7 Å². The maximum Gasteiger partial charge on any atom is 0.119 e. The summed E-state index contributed by atoms with van der Waals surface area (Å²) in [6, 6.07) is 7.81. The van der Waals surface area contributed by atoms with E-state index in [1.54, 1.807) is 7.11 Å². The van der Waals surface area contributed by atoms with Gasteiger partial charge in [-0.3, -0.25) is 0 Å². The quantitative estimate of drug-likeness (QED) is 0.878. The second kappa shape index (κ2) is 5.69. The summed E-state index contributed by atoms with van der Waals surface area (Å²) in [6.07, 6.45) is 4.53. The molecule has 1 unspecified atom stereocenters. The van der Waals surface area contributed by atoms with Crippen LogP contribution in [0.1, 0.15) is 24.4 Å². The van der Waals surface area contributed by atoms with Crippen molar-refractivity contribution in [1.82, 2.24) is 9.55 Å². The highest BCUT2D eigenvalue weighted by Gasteiger charge is 2.11. The maximum absolute atomic E-state index is 6.22. The van der Waals surface area contributed by atoms with Crippen LogP contribution in [0.2, 0.25) is 0 Å². The van der Waals surface area contributed by atoms with Crippen molar-refractivity contribution in [3.8, 4) is 5.75 Å². The highest BCUT2D eigenvalue weighted by atomic mass is 16.5. The van der Waals surface area contributed by atoms with Crippen molar-refractivity contribution in [3.05, 3.63) is 48.0 Å². The molecule has 1 aromatic carbocycles. The lowest BCUT2D eigenvalue weighted by molar-refractivity contribution is 0.413. The van der Waals surface area contributed by atoms with E-state index in [0.29, 0.717) is 0 Å². The van der Waals surface area contributed by atoms with Crippen LogP contribution in [0, 0.1) is 0 Å². The van der Waals surface area contributed by atoms with E-state index in [4.69, 9.17) is 10.5 Å². The van der Waals surface area contributed by atoms with Crippen LogP contribution in [0.25, 0.3) is 0 Å². The molecule has 0 aliphatic rings. The molecular weight excluding hydrogens is 226 g/mol. The predicted octanol–water partition coefficient (Wildman–Crippen LogP) is 2.15. The van der Waals surface area contributed by atoms with Gasteiger partial charge in [-0.05, 0) is 24.6 Å². The Kier molecular flexibility index (Phi) is 3.99. The van der Waals surface area contributed by atoms with Crippen molar-refractivity contribution >= 4 is 0 Å². The van der Waals surface area contributed by atoms with E-state index in [9.17, 15) is 0 Å². The Morgan fingerprint density at radius 3 is 3.00 bits per heavy atom.